The lowest BCUT2D eigenvalue weighted by atomic mass is 10.1. The van der Waals surface area contributed by atoms with Gasteiger partial charge in [-0.3, -0.25) is 13.9 Å². The number of carbonyl (C=O) groups is 2. The fourth-order valence-corrected chi connectivity index (χ4v) is 6.50. The molecule has 34 heavy (non-hydrogen) atoms. The smallest absolute Gasteiger partial charge is 0.265 e. The largest absolute Gasteiger partial charge is 0.467 e. The number of amides is 2. The molecule has 0 spiro atoms. The van der Waals surface area contributed by atoms with Gasteiger partial charge in [-0.2, -0.15) is 0 Å². The monoisotopic (exact) mass is 481 g/mol. The van der Waals surface area contributed by atoms with Gasteiger partial charge in [-0.1, -0.05) is 29.8 Å². The van der Waals surface area contributed by atoms with E-state index < -0.39 is 22.0 Å². The number of anilines is 2. The topological polar surface area (TPSA) is 99.9 Å². The molecule has 8 nitrogen and oxygen atoms in total. The third-order valence-electron chi connectivity index (χ3n) is 5.87. The van der Waals surface area contributed by atoms with Gasteiger partial charge in [-0.25, -0.2) is 8.42 Å². The number of rotatable bonds is 6. The first-order valence-corrected chi connectivity index (χ1v) is 12.3. The van der Waals surface area contributed by atoms with Gasteiger partial charge in [0, 0.05) is 7.05 Å². The summed E-state index contributed by atoms with van der Waals surface area (Å²) in [6.07, 6.45) is 1.19. The number of nitrogens with zero attached hydrogens (tertiary/aromatic N) is 2. The van der Waals surface area contributed by atoms with Gasteiger partial charge in [0.2, 0.25) is 11.8 Å². The van der Waals surface area contributed by atoms with E-state index in [2.05, 4.69) is 5.32 Å². The summed E-state index contributed by atoms with van der Waals surface area (Å²) in [4.78, 5) is 27.8. The van der Waals surface area contributed by atoms with E-state index in [1.54, 1.807) is 69.4 Å². The lowest BCUT2D eigenvalue weighted by Crippen LogP contribution is -2.53. The van der Waals surface area contributed by atoms with Crippen molar-refractivity contribution in [1.29, 1.82) is 0 Å². The standard InChI is InChI=1S/C25H27N3O5S/c1-16-12-17(2)24(18(3)13-16)34(31,32)28-21-10-6-5-9-20(21)26-25(30)22(28)14-23(29)27(4)15-19-8-7-11-33-19/h5-13,22H,14-15H2,1-4H3,(H,26,30). The van der Waals surface area contributed by atoms with E-state index in [0.717, 1.165) is 9.87 Å². The van der Waals surface area contributed by atoms with E-state index in [9.17, 15) is 18.0 Å². The van der Waals surface area contributed by atoms with Crippen molar-refractivity contribution in [3.05, 3.63) is 77.2 Å². The maximum atomic E-state index is 14.1. The molecule has 0 bridgehead atoms. The van der Waals surface area contributed by atoms with Gasteiger partial charge in [0.15, 0.2) is 0 Å². The molecule has 0 saturated heterocycles. The molecule has 0 radical (unpaired) electrons. The molecular formula is C25H27N3O5S. The number of nitrogens with one attached hydrogen (secondary N) is 1. The first kappa shape index (κ1) is 23.6. The molecule has 9 heteroatoms. The molecule has 0 aliphatic carbocycles. The fourth-order valence-electron chi connectivity index (χ4n) is 4.45. The van der Waals surface area contributed by atoms with Crippen molar-refractivity contribution in [2.45, 2.75) is 44.7 Å². The SMILES string of the molecule is Cc1cc(C)c(S(=O)(=O)N2c3ccccc3NC(=O)C2CC(=O)N(C)Cc2ccco2)c(C)c1. The highest BCUT2D eigenvalue weighted by atomic mass is 32.2. The first-order chi connectivity index (χ1) is 16.1. The van der Waals surface area contributed by atoms with E-state index in [4.69, 9.17) is 4.42 Å². The summed E-state index contributed by atoms with van der Waals surface area (Å²) in [6, 6.07) is 12.5. The zero-order valence-corrected chi connectivity index (χ0v) is 20.3. The first-order valence-electron chi connectivity index (χ1n) is 10.9. The van der Waals surface area contributed by atoms with E-state index in [-0.39, 0.29) is 23.8 Å². The van der Waals surface area contributed by atoms with Crippen LogP contribution in [0.2, 0.25) is 0 Å². The predicted molar refractivity (Wildman–Crippen MR) is 129 cm³/mol. The molecule has 1 N–H and O–H groups in total. The molecule has 4 rings (SSSR count). The highest BCUT2D eigenvalue weighted by Crippen LogP contribution is 2.38. The molecule has 2 amide bonds. The van der Waals surface area contributed by atoms with Crippen LogP contribution in [0.1, 0.15) is 28.9 Å². The molecule has 1 atom stereocenters. The molecule has 178 valence electrons. The van der Waals surface area contributed by atoms with Crippen molar-refractivity contribution in [1.82, 2.24) is 4.90 Å². The van der Waals surface area contributed by atoms with Crippen LogP contribution in [-0.4, -0.2) is 38.2 Å². The summed E-state index contributed by atoms with van der Waals surface area (Å²) < 4.78 is 34.5. The molecule has 1 aromatic heterocycles. The van der Waals surface area contributed by atoms with Crippen LogP contribution >= 0.6 is 0 Å². The zero-order valence-electron chi connectivity index (χ0n) is 19.5. The Bertz CT molecular complexity index is 1330. The number of furan rings is 1. The van der Waals surface area contributed by atoms with Crippen molar-refractivity contribution in [3.63, 3.8) is 0 Å². The Morgan fingerprint density at radius 1 is 1.09 bits per heavy atom. The third-order valence-corrected chi connectivity index (χ3v) is 8.00. The normalized spacial score (nSPS) is 15.6. The summed E-state index contributed by atoms with van der Waals surface area (Å²) in [6.45, 7) is 5.58. The van der Waals surface area contributed by atoms with Crippen molar-refractivity contribution >= 4 is 33.2 Å². The Kier molecular flexibility index (Phi) is 6.22. The number of carbonyl (C=O) groups excluding carboxylic acids is 2. The molecule has 1 aliphatic rings. The van der Waals surface area contributed by atoms with Gasteiger partial charge in [-0.05, 0) is 56.2 Å². The third kappa shape index (κ3) is 4.31. The van der Waals surface area contributed by atoms with Crippen LogP contribution in [0.4, 0.5) is 11.4 Å². The Morgan fingerprint density at radius 3 is 2.41 bits per heavy atom. The summed E-state index contributed by atoms with van der Waals surface area (Å²) in [5.41, 5.74) is 2.82. The van der Waals surface area contributed by atoms with Crippen molar-refractivity contribution in [3.8, 4) is 0 Å². The second kappa shape index (κ2) is 8.98. The average molecular weight is 482 g/mol. The second-order valence-electron chi connectivity index (χ2n) is 8.58. The molecular weight excluding hydrogens is 454 g/mol. The number of benzene rings is 2. The average Bonchev–Trinajstić information content (AvgIpc) is 3.26. The van der Waals surface area contributed by atoms with Gasteiger partial charge in [0.1, 0.15) is 11.8 Å². The zero-order chi connectivity index (χ0) is 24.6. The lowest BCUT2D eigenvalue weighted by Gasteiger charge is -2.37. The van der Waals surface area contributed by atoms with Gasteiger partial charge in [0.25, 0.3) is 10.0 Å². The molecule has 2 aromatic carbocycles. The van der Waals surface area contributed by atoms with Crippen molar-refractivity contribution in [2.24, 2.45) is 0 Å². The van der Waals surface area contributed by atoms with Crippen LogP contribution in [0.25, 0.3) is 0 Å². The van der Waals surface area contributed by atoms with E-state index >= 15 is 0 Å². The maximum absolute atomic E-state index is 14.1. The minimum Gasteiger partial charge on any atom is -0.467 e. The van der Waals surface area contributed by atoms with Crippen LogP contribution in [0.3, 0.4) is 0 Å². The lowest BCUT2D eigenvalue weighted by molar-refractivity contribution is -0.132. The van der Waals surface area contributed by atoms with Gasteiger partial charge < -0.3 is 14.6 Å². The number of fused-ring (bicyclic) bond motifs is 1. The Hall–Kier alpha value is -3.59. The highest BCUT2D eigenvalue weighted by molar-refractivity contribution is 7.93. The number of aryl methyl sites for hydroxylation is 3. The number of sulfonamides is 1. The summed E-state index contributed by atoms with van der Waals surface area (Å²) >= 11 is 0. The quantitative estimate of drug-likeness (QED) is 0.578. The number of hydrogen-bond donors (Lipinski definition) is 1. The van der Waals surface area contributed by atoms with Crippen molar-refractivity contribution < 1.29 is 22.4 Å². The minimum atomic E-state index is -4.17. The second-order valence-corrected chi connectivity index (χ2v) is 10.3. The summed E-state index contributed by atoms with van der Waals surface area (Å²) in [7, 11) is -2.58. The summed E-state index contributed by atoms with van der Waals surface area (Å²) in [5, 5.41) is 2.76. The minimum absolute atomic E-state index is 0.143. The van der Waals surface area contributed by atoms with Crippen LogP contribution in [0.15, 0.2) is 64.1 Å². The van der Waals surface area contributed by atoms with Crippen LogP contribution in [-0.2, 0) is 26.2 Å². The van der Waals surface area contributed by atoms with E-state index in [1.807, 2.05) is 6.92 Å². The Balaban J connectivity index is 1.76. The highest BCUT2D eigenvalue weighted by Gasteiger charge is 2.43. The van der Waals surface area contributed by atoms with E-state index in [1.165, 1.54) is 11.2 Å². The van der Waals surface area contributed by atoms with E-state index in [0.29, 0.717) is 28.3 Å². The van der Waals surface area contributed by atoms with Crippen molar-refractivity contribution in [2.75, 3.05) is 16.7 Å². The van der Waals surface area contributed by atoms with Crippen LogP contribution in [0.5, 0.6) is 0 Å². The maximum Gasteiger partial charge on any atom is 0.265 e. The van der Waals surface area contributed by atoms with Gasteiger partial charge in [0.05, 0.1) is 35.5 Å². The molecule has 2 heterocycles. The molecule has 3 aromatic rings. The predicted octanol–water partition coefficient (Wildman–Crippen LogP) is 3.77. The van der Waals surface area contributed by atoms with Crippen LogP contribution < -0.4 is 9.62 Å². The van der Waals surface area contributed by atoms with Gasteiger partial charge >= 0.3 is 0 Å². The number of hydrogen-bond acceptors (Lipinski definition) is 5. The van der Waals surface area contributed by atoms with Crippen LogP contribution in [0, 0.1) is 20.8 Å². The number of para-hydroxylation sites is 2. The fraction of sp³-hybridized carbons (Fsp3) is 0.280. The molecule has 0 saturated carbocycles. The molecule has 1 unspecified atom stereocenters. The molecule has 1 aliphatic heterocycles. The Labute approximate surface area is 199 Å². The van der Waals surface area contributed by atoms with Gasteiger partial charge in [-0.15, -0.1) is 0 Å². The molecule has 0 fully saturated rings. The summed E-state index contributed by atoms with van der Waals surface area (Å²) in [5.74, 6) is -0.345. The Morgan fingerprint density at radius 2 is 1.76 bits per heavy atom.